The number of carbonyl (C=O) groups is 1. The molecular weight excluding hydrogens is 274 g/mol. The van der Waals surface area contributed by atoms with Crippen molar-refractivity contribution in [1.29, 1.82) is 0 Å². The number of aliphatic hydroxyl groups excluding tert-OH is 1. The Hall–Kier alpha value is -0.810. The van der Waals surface area contributed by atoms with Crippen LogP contribution in [-0.4, -0.2) is 24.2 Å². The predicted molar refractivity (Wildman–Crippen MR) is 64.3 cm³/mol. The van der Waals surface area contributed by atoms with Gasteiger partial charge in [-0.2, -0.15) is 0 Å². The maximum atomic E-state index is 11.5. The summed E-state index contributed by atoms with van der Waals surface area (Å²) in [5.74, 6) is 0.134. The van der Waals surface area contributed by atoms with Crippen LogP contribution in [0.3, 0.4) is 0 Å². The van der Waals surface area contributed by atoms with Crippen molar-refractivity contribution in [2.45, 2.75) is 25.7 Å². The van der Waals surface area contributed by atoms with Crippen LogP contribution < -0.4 is 5.32 Å². The van der Waals surface area contributed by atoms with E-state index in [9.17, 15) is 4.79 Å². The van der Waals surface area contributed by atoms with Gasteiger partial charge in [-0.05, 0) is 40.9 Å². The molecule has 0 aliphatic heterocycles. The molecule has 1 aromatic heterocycles. The topological polar surface area (TPSA) is 62.5 Å². The molecule has 90 valence electrons. The summed E-state index contributed by atoms with van der Waals surface area (Å²) < 4.78 is 5.67. The van der Waals surface area contributed by atoms with Gasteiger partial charge in [-0.3, -0.25) is 4.79 Å². The van der Waals surface area contributed by atoms with Crippen LogP contribution in [-0.2, 0) is 0 Å². The van der Waals surface area contributed by atoms with Crippen LogP contribution in [0, 0.1) is 0 Å². The normalized spacial score (nSPS) is 10.4. The van der Waals surface area contributed by atoms with E-state index in [4.69, 9.17) is 9.52 Å². The summed E-state index contributed by atoms with van der Waals surface area (Å²) in [6, 6.07) is 3.32. The lowest BCUT2D eigenvalue weighted by atomic mass is 10.2. The number of hydrogen-bond donors (Lipinski definition) is 2. The van der Waals surface area contributed by atoms with Gasteiger partial charge < -0.3 is 14.8 Å². The Morgan fingerprint density at radius 2 is 2.06 bits per heavy atom. The van der Waals surface area contributed by atoms with Gasteiger partial charge in [0.2, 0.25) is 0 Å². The van der Waals surface area contributed by atoms with Gasteiger partial charge in [-0.25, -0.2) is 0 Å². The molecule has 16 heavy (non-hydrogen) atoms. The number of unbranched alkanes of at least 4 members (excludes halogenated alkanes) is 3. The minimum atomic E-state index is -0.187. The van der Waals surface area contributed by atoms with Crippen LogP contribution in [0.2, 0.25) is 0 Å². The third kappa shape index (κ3) is 4.81. The molecule has 0 radical (unpaired) electrons. The largest absolute Gasteiger partial charge is 0.444 e. The molecule has 1 amide bonds. The first-order valence-corrected chi connectivity index (χ1v) is 6.17. The lowest BCUT2D eigenvalue weighted by Gasteiger charge is -2.02. The van der Waals surface area contributed by atoms with E-state index in [1.54, 1.807) is 12.1 Å². The Morgan fingerprint density at radius 1 is 1.31 bits per heavy atom. The molecule has 0 spiro atoms. The molecule has 0 aliphatic rings. The zero-order valence-electron chi connectivity index (χ0n) is 9.04. The van der Waals surface area contributed by atoms with E-state index in [2.05, 4.69) is 21.2 Å². The molecule has 0 aliphatic carbocycles. The van der Waals surface area contributed by atoms with E-state index in [-0.39, 0.29) is 12.5 Å². The Morgan fingerprint density at radius 3 is 2.69 bits per heavy atom. The second-order valence-electron chi connectivity index (χ2n) is 3.50. The molecule has 2 N–H and O–H groups in total. The van der Waals surface area contributed by atoms with Crippen molar-refractivity contribution >= 4 is 21.8 Å². The van der Waals surface area contributed by atoms with Crippen molar-refractivity contribution in [3.05, 3.63) is 22.6 Å². The summed E-state index contributed by atoms with van der Waals surface area (Å²) in [7, 11) is 0. The highest BCUT2D eigenvalue weighted by atomic mass is 79.9. The van der Waals surface area contributed by atoms with E-state index >= 15 is 0 Å². The quantitative estimate of drug-likeness (QED) is 0.758. The van der Waals surface area contributed by atoms with Crippen molar-refractivity contribution in [2.24, 2.45) is 0 Å². The molecule has 1 rings (SSSR count). The van der Waals surface area contributed by atoms with Crippen molar-refractivity contribution in [3.8, 4) is 0 Å². The third-order valence-electron chi connectivity index (χ3n) is 2.17. The van der Waals surface area contributed by atoms with Gasteiger partial charge in [-0.15, -0.1) is 0 Å². The zero-order valence-corrected chi connectivity index (χ0v) is 10.6. The van der Waals surface area contributed by atoms with Crippen LogP contribution in [0.1, 0.15) is 36.2 Å². The molecule has 0 saturated heterocycles. The minimum Gasteiger partial charge on any atom is -0.444 e. The van der Waals surface area contributed by atoms with E-state index < -0.39 is 0 Å². The monoisotopic (exact) mass is 289 g/mol. The lowest BCUT2D eigenvalue weighted by molar-refractivity contribution is 0.0924. The molecule has 1 heterocycles. The third-order valence-corrected chi connectivity index (χ3v) is 2.59. The Labute approximate surface area is 103 Å². The maximum absolute atomic E-state index is 11.5. The Bertz CT molecular complexity index is 325. The summed E-state index contributed by atoms with van der Waals surface area (Å²) in [5, 5.41) is 11.3. The van der Waals surface area contributed by atoms with Gasteiger partial charge >= 0.3 is 0 Å². The highest BCUT2D eigenvalue weighted by Gasteiger charge is 2.08. The smallest absolute Gasteiger partial charge is 0.287 e. The van der Waals surface area contributed by atoms with Crippen LogP contribution in [0.5, 0.6) is 0 Å². The number of rotatable bonds is 7. The number of halogens is 1. The molecule has 0 saturated carbocycles. The first kappa shape index (κ1) is 13.3. The van der Waals surface area contributed by atoms with Crippen molar-refractivity contribution in [3.63, 3.8) is 0 Å². The number of furan rings is 1. The van der Waals surface area contributed by atoms with Crippen molar-refractivity contribution in [1.82, 2.24) is 5.32 Å². The average molecular weight is 290 g/mol. The summed E-state index contributed by atoms with van der Waals surface area (Å²) in [6.07, 6.45) is 3.77. The van der Waals surface area contributed by atoms with Gasteiger partial charge in [0.25, 0.3) is 5.91 Å². The first-order chi connectivity index (χ1) is 7.74. The minimum absolute atomic E-state index is 0.187. The fourth-order valence-corrected chi connectivity index (χ4v) is 1.62. The summed E-state index contributed by atoms with van der Waals surface area (Å²) >= 11 is 3.14. The van der Waals surface area contributed by atoms with Crippen molar-refractivity contribution in [2.75, 3.05) is 13.2 Å². The molecular formula is C11H16BrNO3. The number of hydrogen-bond acceptors (Lipinski definition) is 3. The molecule has 5 heteroatoms. The van der Waals surface area contributed by atoms with E-state index in [0.717, 1.165) is 25.7 Å². The van der Waals surface area contributed by atoms with E-state index in [1.165, 1.54) is 0 Å². The summed E-state index contributed by atoms with van der Waals surface area (Å²) in [6.45, 7) is 0.884. The Balaban J connectivity index is 2.11. The first-order valence-electron chi connectivity index (χ1n) is 5.38. The molecule has 0 fully saturated rings. The summed E-state index contributed by atoms with van der Waals surface area (Å²) in [4.78, 5) is 11.5. The van der Waals surface area contributed by atoms with Crippen LogP contribution in [0.4, 0.5) is 0 Å². The highest BCUT2D eigenvalue weighted by Crippen LogP contribution is 2.13. The molecule has 0 aromatic carbocycles. The standard InChI is InChI=1S/C11H16BrNO3/c12-10-6-5-9(16-10)11(15)13-7-3-1-2-4-8-14/h5-6,14H,1-4,7-8H2,(H,13,15). The number of aliphatic hydroxyl groups is 1. The lowest BCUT2D eigenvalue weighted by Crippen LogP contribution is -2.23. The molecule has 1 aromatic rings. The van der Waals surface area contributed by atoms with Crippen LogP contribution >= 0.6 is 15.9 Å². The number of nitrogens with one attached hydrogen (secondary N) is 1. The van der Waals surface area contributed by atoms with Gasteiger partial charge in [0.15, 0.2) is 10.4 Å². The van der Waals surface area contributed by atoms with E-state index in [1.807, 2.05) is 0 Å². The fourth-order valence-electron chi connectivity index (χ4n) is 1.32. The van der Waals surface area contributed by atoms with Gasteiger partial charge in [0.1, 0.15) is 0 Å². The zero-order chi connectivity index (χ0) is 11.8. The van der Waals surface area contributed by atoms with Gasteiger partial charge in [0.05, 0.1) is 0 Å². The second-order valence-corrected chi connectivity index (χ2v) is 4.28. The highest BCUT2D eigenvalue weighted by molar-refractivity contribution is 9.10. The Kier molecular flexibility index (Phi) is 6.18. The molecule has 0 unspecified atom stereocenters. The van der Waals surface area contributed by atoms with Crippen LogP contribution in [0.15, 0.2) is 21.2 Å². The SMILES string of the molecule is O=C(NCCCCCCO)c1ccc(Br)o1. The second kappa shape index (κ2) is 7.46. The van der Waals surface area contributed by atoms with Gasteiger partial charge in [-0.1, -0.05) is 12.8 Å². The van der Waals surface area contributed by atoms with Crippen molar-refractivity contribution < 1.29 is 14.3 Å². The van der Waals surface area contributed by atoms with Crippen LogP contribution in [0.25, 0.3) is 0 Å². The fraction of sp³-hybridized carbons (Fsp3) is 0.545. The number of carbonyl (C=O) groups excluding carboxylic acids is 1. The molecule has 4 nitrogen and oxygen atoms in total. The average Bonchev–Trinajstić information content (AvgIpc) is 2.70. The van der Waals surface area contributed by atoms with Gasteiger partial charge in [0, 0.05) is 13.2 Å². The molecule has 0 atom stereocenters. The number of amides is 1. The van der Waals surface area contributed by atoms with E-state index in [0.29, 0.717) is 17.0 Å². The molecule has 0 bridgehead atoms. The maximum Gasteiger partial charge on any atom is 0.287 e. The predicted octanol–water partition coefficient (Wildman–Crippen LogP) is 2.32. The summed E-state index contributed by atoms with van der Waals surface area (Å²) in [5.41, 5.74) is 0.